The molecule has 2 amide bonds. The Balaban J connectivity index is 2.22. The molecule has 2 N–H and O–H groups in total. The van der Waals surface area contributed by atoms with E-state index in [0.717, 1.165) is 0 Å². The van der Waals surface area contributed by atoms with Crippen LogP contribution in [0.2, 0.25) is 0 Å². The van der Waals surface area contributed by atoms with E-state index in [4.69, 9.17) is 4.74 Å². The molecule has 0 bridgehead atoms. The Labute approximate surface area is 189 Å². The standard InChI is InChI=1S/C21H27F3N6O3/c1-4-5-6-11-33-18-12-15(19(31)26-14-21(22,23)24)7-8-17(18)30-13-16(27-28-30)20(32)25-9-10-29(2)3/h4,7-8,12-13H,1,5-6,9-11,14H2,2-3H3,(H,25,32)(H,26,31). The number of likely N-dealkylation sites (N-methyl/N-ethyl adjacent to an activating group) is 1. The number of amides is 2. The number of unbranched alkanes of at least 4 members (excludes halogenated alkanes) is 1. The summed E-state index contributed by atoms with van der Waals surface area (Å²) in [7, 11) is 3.76. The van der Waals surface area contributed by atoms with E-state index >= 15 is 0 Å². The number of aromatic nitrogens is 3. The SMILES string of the molecule is C=CCCCOc1cc(C(=O)NCC(F)(F)F)ccc1-n1cc(C(=O)NCCN(C)C)nn1. The second-order valence-corrected chi connectivity index (χ2v) is 7.37. The second-order valence-electron chi connectivity index (χ2n) is 7.37. The zero-order chi connectivity index (χ0) is 24.4. The number of hydrogen-bond donors (Lipinski definition) is 2. The van der Waals surface area contributed by atoms with Crippen LogP contribution in [0.1, 0.15) is 33.7 Å². The zero-order valence-corrected chi connectivity index (χ0v) is 18.5. The van der Waals surface area contributed by atoms with Crippen molar-refractivity contribution in [3.05, 3.63) is 48.3 Å². The first kappa shape index (κ1) is 25.8. The summed E-state index contributed by atoms with van der Waals surface area (Å²) in [5, 5.41) is 12.4. The van der Waals surface area contributed by atoms with E-state index in [1.54, 1.807) is 6.08 Å². The molecule has 0 saturated carbocycles. The second kappa shape index (κ2) is 12.0. The summed E-state index contributed by atoms with van der Waals surface area (Å²) in [5.74, 6) is -1.09. The highest BCUT2D eigenvalue weighted by Gasteiger charge is 2.28. The molecule has 0 aliphatic rings. The van der Waals surface area contributed by atoms with E-state index < -0.39 is 24.5 Å². The molecule has 33 heavy (non-hydrogen) atoms. The predicted octanol–water partition coefficient (Wildman–Crippen LogP) is 2.20. The van der Waals surface area contributed by atoms with Gasteiger partial charge in [0, 0.05) is 18.7 Å². The van der Waals surface area contributed by atoms with Gasteiger partial charge >= 0.3 is 6.18 Å². The first-order valence-corrected chi connectivity index (χ1v) is 10.2. The molecular formula is C21H27F3N6O3. The van der Waals surface area contributed by atoms with Gasteiger partial charge in [0.05, 0.1) is 12.8 Å². The molecule has 0 saturated heterocycles. The smallest absolute Gasteiger partial charge is 0.405 e. The third-order valence-corrected chi connectivity index (χ3v) is 4.30. The third-order valence-electron chi connectivity index (χ3n) is 4.30. The van der Waals surface area contributed by atoms with Crippen LogP contribution in [0.25, 0.3) is 5.69 Å². The molecule has 0 radical (unpaired) electrons. The maximum absolute atomic E-state index is 12.4. The van der Waals surface area contributed by atoms with Crippen molar-refractivity contribution in [2.75, 3.05) is 40.3 Å². The summed E-state index contributed by atoms with van der Waals surface area (Å²) >= 11 is 0. The number of nitrogens with zero attached hydrogens (tertiary/aromatic N) is 4. The van der Waals surface area contributed by atoms with Crippen molar-refractivity contribution < 1.29 is 27.5 Å². The number of alkyl halides is 3. The predicted molar refractivity (Wildman–Crippen MR) is 116 cm³/mol. The number of nitrogens with one attached hydrogen (secondary N) is 2. The van der Waals surface area contributed by atoms with Gasteiger partial charge in [-0.1, -0.05) is 11.3 Å². The highest BCUT2D eigenvalue weighted by Crippen LogP contribution is 2.25. The number of allylic oxidation sites excluding steroid dienone is 1. The normalized spacial score (nSPS) is 11.3. The molecule has 0 aliphatic carbocycles. The minimum atomic E-state index is -4.52. The molecule has 0 fully saturated rings. The summed E-state index contributed by atoms with van der Waals surface area (Å²) in [6, 6.07) is 4.14. The molecule has 1 aromatic carbocycles. The number of halogens is 3. The molecule has 180 valence electrons. The Hall–Kier alpha value is -3.41. The molecule has 0 aliphatic heterocycles. The Bertz CT molecular complexity index is 959. The van der Waals surface area contributed by atoms with E-state index in [-0.39, 0.29) is 23.6 Å². The monoisotopic (exact) mass is 468 g/mol. The molecule has 2 rings (SSSR count). The molecule has 12 heteroatoms. The minimum absolute atomic E-state index is 0.0107. The van der Waals surface area contributed by atoms with E-state index in [2.05, 4.69) is 22.2 Å². The largest absolute Gasteiger partial charge is 0.491 e. The van der Waals surface area contributed by atoms with Crippen LogP contribution in [0.3, 0.4) is 0 Å². The molecule has 2 aromatic rings. The van der Waals surface area contributed by atoms with Crippen molar-refractivity contribution in [1.29, 1.82) is 0 Å². The Morgan fingerprint density at radius 3 is 2.67 bits per heavy atom. The quantitative estimate of drug-likeness (QED) is 0.366. The van der Waals surface area contributed by atoms with E-state index in [9.17, 15) is 22.8 Å². The minimum Gasteiger partial charge on any atom is -0.491 e. The van der Waals surface area contributed by atoms with Crippen LogP contribution >= 0.6 is 0 Å². The average Bonchev–Trinajstić information content (AvgIpc) is 3.24. The van der Waals surface area contributed by atoms with Crippen LogP contribution in [0, 0.1) is 0 Å². The Kier molecular flexibility index (Phi) is 9.40. The summed E-state index contributed by atoms with van der Waals surface area (Å²) in [6.07, 6.45) is -0.0555. The number of rotatable bonds is 12. The van der Waals surface area contributed by atoms with Gasteiger partial charge in [-0.3, -0.25) is 9.59 Å². The summed E-state index contributed by atoms with van der Waals surface area (Å²) < 4.78 is 44.3. The van der Waals surface area contributed by atoms with Gasteiger partial charge in [0.1, 0.15) is 18.0 Å². The van der Waals surface area contributed by atoms with E-state index in [1.165, 1.54) is 29.1 Å². The number of carbonyl (C=O) groups excluding carboxylic acids is 2. The summed E-state index contributed by atoms with van der Waals surface area (Å²) in [4.78, 5) is 26.3. The van der Waals surface area contributed by atoms with Crippen LogP contribution in [0.5, 0.6) is 5.75 Å². The van der Waals surface area contributed by atoms with Crippen molar-refractivity contribution in [3.63, 3.8) is 0 Å². The zero-order valence-electron chi connectivity index (χ0n) is 18.5. The van der Waals surface area contributed by atoms with Crippen LogP contribution < -0.4 is 15.4 Å². The van der Waals surface area contributed by atoms with Crippen LogP contribution in [-0.4, -0.2) is 78.2 Å². The number of hydrogen-bond acceptors (Lipinski definition) is 6. The van der Waals surface area contributed by atoms with Crippen molar-refractivity contribution in [1.82, 2.24) is 30.5 Å². The maximum atomic E-state index is 12.4. The fourth-order valence-corrected chi connectivity index (χ4v) is 2.62. The van der Waals surface area contributed by atoms with Crippen LogP contribution in [-0.2, 0) is 0 Å². The molecule has 1 heterocycles. The van der Waals surface area contributed by atoms with Gasteiger partial charge in [-0.15, -0.1) is 11.7 Å². The lowest BCUT2D eigenvalue weighted by molar-refractivity contribution is -0.123. The fraction of sp³-hybridized carbons (Fsp3) is 0.429. The van der Waals surface area contributed by atoms with Crippen molar-refractivity contribution in [3.8, 4) is 11.4 Å². The van der Waals surface area contributed by atoms with Gasteiger partial charge in [0.25, 0.3) is 11.8 Å². The molecule has 0 unspecified atom stereocenters. The van der Waals surface area contributed by atoms with Gasteiger partial charge in [0.15, 0.2) is 5.69 Å². The topological polar surface area (TPSA) is 101 Å². The van der Waals surface area contributed by atoms with Gasteiger partial charge in [-0.2, -0.15) is 13.2 Å². The van der Waals surface area contributed by atoms with Crippen LogP contribution in [0.15, 0.2) is 37.1 Å². The van der Waals surface area contributed by atoms with Gasteiger partial charge < -0.3 is 20.3 Å². The first-order chi connectivity index (χ1) is 15.6. The number of ether oxygens (including phenoxy) is 1. The van der Waals surface area contributed by atoms with Crippen LogP contribution in [0.4, 0.5) is 13.2 Å². The van der Waals surface area contributed by atoms with E-state index in [0.29, 0.717) is 31.6 Å². The lowest BCUT2D eigenvalue weighted by atomic mass is 10.1. The maximum Gasteiger partial charge on any atom is 0.405 e. The van der Waals surface area contributed by atoms with E-state index in [1.807, 2.05) is 24.3 Å². The number of carbonyl (C=O) groups is 2. The van der Waals surface area contributed by atoms with Crippen molar-refractivity contribution >= 4 is 11.8 Å². The fourth-order valence-electron chi connectivity index (χ4n) is 2.62. The van der Waals surface area contributed by atoms with Crippen molar-refractivity contribution in [2.45, 2.75) is 19.0 Å². The van der Waals surface area contributed by atoms with Gasteiger partial charge in [0.2, 0.25) is 0 Å². The first-order valence-electron chi connectivity index (χ1n) is 10.2. The third kappa shape index (κ3) is 8.56. The molecular weight excluding hydrogens is 441 g/mol. The Morgan fingerprint density at radius 1 is 1.24 bits per heavy atom. The molecule has 0 spiro atoms. The Morgan fingerprint density at radius 2 is 2.00 bits per heavy atom. The number of benzene rings is 1. The van der Waals surface area contributed by atoms with Crippen molar-refractivity contribution in [2.24, 2.45) is 0 Å². The molecule has 1 aromatic heterocycles. The van der Waals surface area contributed by atoms with Gasteiger partial charge in [-0.05, 0) is 45.1 Å². The summed E-state index contributed by atoms with van der Waals surface area (Å²) in [6.45, 7) is 3.55. The molecule has 0 atom stereocenters. The average molecular weight is 468 g/mol. The summed E-state index contributed by atoms with van der Waals surface area (Å²) in [5.41, 5.74) is 0.447. The molecule has 9 nitrogen and oxygen atoms in total. The van der Waals surface area contributed by atoms with Gasteiger partial charge in [-0.25, -0.2) is 4.68 Å². The lowest BCUT2D eigenvalue weighted by Gasteiger charge is -2.13. The highest BCUT2D eigenvalue weighted by molar-refractivity contribution is 5.95. The highest BCUT2D eigenvalue weighted by atomic mass is 19.4. The lowest BCUT2D eigenvalue weighted by Crippen LogP contribution is -2.33.